The van der Waals surface area contributed by atoms with Crippen LogP contribution < -0.4 is 15.0 Å². The fraction of sp³-hybridized carbons (Fsp3) is 0.346. The summed E-state index contributed by atoms with van der Waals surface area (Å²) in [6, 6.07) is 7.85. The smallest absolute Gasteiger partial charge is 0.418 e. The molecule has 1 aliphatic rings. The number of ether oxygens (including phenoxy) is 2. The zero-order chi connectivity index (χ0) is 27.6. The van der Waals surface area contributed by atoms with Crippen molar-refractivity contribution in [1.29, 1.82) is 0 Å². The summed E-state index contributed by atoms with van der Waals surface area (Å²) in [5.41, 5.74) is -1.32. The summed E-state index contributed by atoms with van der Waals surface area (Å²) < 4.78 is 67.1. The molecule has 0 aliphatic carbocycles. The number of carbonyl (C=O) groups excluding carboxylic acids is 2. The van der Waals surface area contributed by atoms with Crippen LogP contribution in [0.2, 0.25) is 0 Å². The van der Waals surface area contributed by atoms with Gasteiger partial charge in [-0.25, -0.2) is 14.2 Å². The van der Waals surface area contributed by atoms with Crippen molar-refractivity contribution >= 4 is 40.0 Å². The summed E-state index contributed by atoms with van der Waals surface area (Å²) in [7, 11) is 1.40. The number of esters is 1. The number of aromatic nitrogens is 1. The van der Waals surface area contributed by atoms with Gasteiger partial charge in [-0.15, -0.1) is 0 Å². The number of piperazine rings is 1. The lowest BCUT2D eigenvalue weighted by molar-refractivity contribution is -0.136. The SMILES string of the molecule is CCOC(=O)c1c(Nc2ccc(N3CCN(C(C)=O)CC3)cc2OC)nc2ccc(F)cc2c1C(F)(F)F. The maximum atomic E-state index is 14.3. The van der Waals surface area contributed by atoms with Crippen molar-refractivity contribution in [2.75, 3.05) is 50.1 Å². The van der Waals surface area contributed by atoms with Crippen LogP contribution >= 0.6 is 0 Å². The largest absolute Gasteiger partial charge is 0.494 e. The Morgan fingerprint density at radius 3 is 2.39 bits per heavy atom. The molecular weight excluding hydrogens is 508 g/mol. The first kappa shape index (κ1) is 27.0. The van der Waals surface area contributed by atoms with Crippen LogP contribution in [0.1, 0.15) is 29.8 Å². The number of benzene rings is 2. The molecule has 38 heavy (non-hydrogen) atoms. The summed E-state index contributed by atoms with van der Waals surface area (Å²) in [6.07, 6.45) is -5.01. The van der Waals surface area contributed by atoms with Crippen molar-refractivity contribution in [1.82, 2.24) is 9.88 Å². The number of alkyl halides is 3. The van der Waals surface area contributed by atoms with Crippen LogP contribution in [0.4, 0.5) is 34.8 Å². The first-order valence-corrected chi connectivity index (χ1v) is 11.9. The molecule has 4 rings (SSSR count). The molecule has 0 bridgehead atoms. The molecule has 3 aromatic rings. The molecule has 202 valence electrons. The standard InChI is InChI=1S/C26H26F4N4O4/c1-4-38-25(36)22-23(26(28,29)30)18-13-16(27)5-7-19(18)31-24(22)32-20-8-6-17(14-21(20)37-3)34-11-9-33(10-12-34)15(2)35/h5-8,13-14H,4,9-12H2,1-3H3,(H,31,32). The Kier molecular flexibility index (Phi) is 7.61. The Morgan fingerprint density at radius 2 is 1.79 bits per heavy atom. The van der Waals surface area contributed by atoms with E-state index < -0.39 is 40.3 Å². The van der Waals surface area contributed by atoms with Gasteiger partial charge in [0.05, 0.1) is 30.5 Å². The second-order valence-electron chi connectivity index (χ2n) is 8.59. The van der Waals surface area contributed by atoms with E-state index in [0.29, 0.717) is 38.0 Å². The molecule has 0 saturated carbocycles. The minimum Gasteiger partial charge on any atom is -0.494 e. The van der Waals surface area contributed by atoms with Crippen LogP contribution in [0.25, 0.3) is 10.9 Å². The van der Waals surface area contributed by atoms with Crippen molar-refractivity contribution in [3.63, 3.8) is 0 Å². The molecule has 12 heteroatoms. The third-order valence-electron chi connectivity index (χ3n) is 6.24. The molecular formula is C26H26F4N4O4. The van der Waals surface area contributed by atoms with Crippen LogP contribution in [0.5, 0.6) is 5.75 Å². The molecule has 1 aromatic heterocycles. The third-order valence-corrected chi connectivity index (χ3v) is 6.24. The van der Waals surface area contributed by atoms with Gasteiger partial charge in [-0.05, 0) is 37.3 Å². The van der Waals surface area contributed by atoms with E-state index in [-0.39, 0.29) is 23.7 Å². The van der Waals surface area contributed by atoms with Crippen LogP contribution in [-0.4, -0.2) is 61.7 Å². The second kappa shape index (κ2) is 10.7. The topological polar surface area (TPSA) is 84.0 Å². The number of fused-ring (bicyclic) bond motifs is 1. The summed E-state index contributed by atoms with van der Waals surface area (Å²) >= 11 is 0. The van der Waals surface area contributed by atoms with E-state index in [1.807, 2.05) is 0 Å². The average Bonchev–Trinajstić information content (AvgIpc) is 2.87. The van der Waals surface area contributed by atoms with E-state index in [2.05, 4.69) is 15.2 Å². The summed E-state index contributed by atoms with van der Waals surface area (Å²) in [6.45, 7) is 5.12. The maximum Gasteiger partial charge on any atom is 0.418 e. The number of rotatable bonds is 6. The minimum absolute atomic E-state index is 0.00281. The molecule has 1 aliphatic heterocycles. The lowest BCUT2D eigenvalue weighted by Crippen LogP contribution is -2.48. The first-order valence-electron chi connectivity index (χ1n) is 11.9. The van der Waals surface area contributed by atoms with E-state index in [0.717, 1.165) is 17.8 Å². The monoisotopic (exact) mass is 534 g/mol. The lowest BCUT2D eigenvalue weighted by Gasteiger charge is -2.35. The molecule has 0 spiro atoms. The van der Waals surface area contributed by atoms with Gasteiger partial charge >= 0.3 is 12.1 Å². The third kappa shape index (κ3) is 5.43. The molecule has 1 N–H and O–H groups in total. The van der Waals surface area contributed by atoms with E-state index in [4.69, 9.17) is 9.47 Å². The van der Waals surface area contributed by atoms with Gasteiger partial charge in [0.15, 0.2) is 0 Å². The molecule has 0 unspecified atom stereocenters. The van der Waals surface area contributed by atoms with E-state index in [9.17, 15) is 27.2 Å². The zero-order valence-electron chi connectivity index (χ0n) is 21.0. The van der Waals surface area contributed by atoms with Crippen molar-refractivity contribution in [2.24, 2.45) is 0 Å². The van der Waals surface area contributed by atoms with E-state index in [1.165, 1.54) is 21.0 Å². The molecule has 8 nitrogen and oxygen atoms in total. The molecule has 2 aromatic carbocycles. The Balaban J connectivity index is 1.78. The Hall–Kier alpha value is -4.09. The highest BCUT2D eigenvalue weighted by Gasteiger charge is 2.40. The number of nitrogens with zero attached hydrogens (tertiary/aromatic N) is 3. The van der Waals surface area contributed by atoms with Gasteiger partial charge in [-0.1, -0.05) is 0 Å². The molecule has 1 amide bonds. The van der Waals surface area contributed by atoms with Crippen LogP contribution in [0.3, 0.4) is 0 Å². The second-order valence-corrected chi connectivity index (χ2v) is 8.59. The maximum absolute atomic E-state index is 14.3. The quantitative estimate of drug-likeness (QED) is 0.352. The zero-order valence-corrected chi connectivity index (χ0v) is 21.0. The van der Waals surface area contributed by atoms with Crippen molar-refractivity contribution in [3.05, 3.63) is 53.3 Å². The Labute approximate surface area is 216 Å². The normalized spacial score (nSPS) is 14.0. The fourth-order valence-electron chi connectivity index (χ4n) is 4.41. The van der Waals surface area contributed by atoms with E-state index in [1.54, 1.807) is 23.1 Å². The van der Waals surface area contributed by atoms with Gasteiger partial charge in [0.25, 0.3) is 0 Å². The summed E-state index contributed by atoms with van der Waals surface area (Å²) in [4.78, 5) is 32.4. The van der Waals surface area contributed by atoms with Gasteiger partial charge in [0, 0.05) is 50.2 Å². The molecule has 0 atom stereocenters. The Bertz CT molecular complexity index is 1370. The van der Waals surface area contributed by atoms with E-state index >= 15 is 0 Å². The molecule has 0 radical (unpaired) electrons. The minimum atomic E-state index is -5.01. The van der Waals surface area contributed by atoms with Crippen LogP contribution in [0.15, 0.2) is 36.4 Å². The highest BCUT2D eigenvalue weighted by molar-refractivity contribution is 6.03. The number of hydrogen-bond acceptors (Lipinski definition) is 7. The molecule has 2 heterocycles. The van der Waals surface area contributed by atoms with Crippen molar-refractivity contribution in [3.8, 4) is 5.75 Å². The highest BCUT2D eigenvalue weighted by Crippen LogP contribution is 2.42. The number of pyridine rings is 1. The number of anilines is 3. The fourth-order valence-corrected chi connectivity index (χ4v) is 4.41. The number of nitrogens with one attached hydrogen (secondary N) is 1. The van der Waals surface area contributed by atoms with Gasteiger partial charge in [0.2, 0.25) is 5.91 Å². The van der Waals surface area contributed by atoms with Crippen LogP contribution in [0, 0.1) is 5.82 Å². The molecule has 1 saturated heterocycles. The van der Waals surface area contributed by atoms with Crippen molar-refractivity contribution in [2.45, 2.75) is 20.0 Å². The number of carbonyl (C=O) groups is 2. The summed E-state index contributed by atoms with van der Waals surface area (Å²) in [5, 5.41) is 2.24. The highest BCUT2D eigenvalue weighted by atomic mass is 19.4. The number of halogens is 4. The number of hydrogen-bond donors (Lipinski definition) is 1. The van der Waals surface area contributed by atoms with Gasteiger partial charge < -0.3 is 24.6 Å². The van der Waals surface area contributed by atoms with Crippen molar-refractivity contribution < 1.29 is 36.6 Å². The van der Waals surface area contributed by atoms with Gasteiger partial charge in [0.1, 0.15) is 22.9 Å². The predicted molar refractivity (Wildman–Crippen MR) is 133 cm³/mol. The first-order chi connectivity index (χ1) is 18.0. The predicted octanol–water partition coefficient (Wildman–Crippen LogP) is 4.99. The Morgan fingerprint density at radius 1 is 1.08 bits per heavy atom. The molecule has 1 fully saturated rings. The van der Waals surface area contributed by atoms with Gasteiger partial charge in [-0.2, -0.15) is 13.2 Å². The van der Waals surface area contributed by atoms with Crippen LogP contribution in [-0.2, 0) is 15.7 Å². The average molecular weight is 535 g/mol. The number of amides is 1. The van der Waals surface area contributed by atoms with Gasteiger partial charge in [-0.3, -0.25) is 4.79 Å². The lowest BCUT2D eigenvalue weighted by atomic mass is 10.0. The summed E-state index contributed by atoms with van der Waals surface area (Å²) in [5.74, 6) is -2.26. The number of methoxy groups -OCH3 is 1.